The van der Waals surface area contributed by atoms with Gasteiger partial charge in [0.05, 0.1) is 0 Å². The lowest BCUT2D eigenvalue weighted by Gasteiger charge is -3.61. The van der Waals surface area contributed by atoms with E-state index >= 15 is 0 Å². The zero-order valence-corrected chi connectivity index (χ0v) is 50.4. The third-order valence-corrected chi connectivity index (χ3v) is 80.5. The summed E-state index contributed by atoms with van der Waals surface area (Å²) in [6.45, 7) is 0. The summed E-state index contributed by atoms with van der Waals surface area (Å²) in [5.74, 6) is 65.4. The molecule has 0 nitrogen and oxygen atoms in total. The number of rotatable bonds is 0. The first kappa shape index (κ1) is 30.9. The average Bonchev–Trinajstić information content (AvgIpc) is 0.438. The van der Waals surface area contributed by atoms with Gasteiger partial charge in [-0.15, -0.1) is 0 Å². The normalized spacial score (nSPS) is 143. The first-order valence-electron chi connectivity index (χ1n) is 45.8. The Morgan fingerprint density at radius 2 is 0.174 bits per heavy atom. The summed E-state index contributed by atoms with van der Waals surface area (Å²) in [4.78, 5) is 0. The summed E-state index contributed by atoms with van der Waals surface area (Å²) < 4.78 is 0. The predicted octanol–water partition coefficient (Wildman–Crippen LogP) is 7.22. The van der Waals surface area contributed by atoms with E-state index in [4.69, 9.17) is 0 Å². The topological polar surface area (TPSA) is 0 Å². The van der Waals surface area contributed by atoms with Crippen LogP contribution in [0.1, 0.15) is 25.7 Å². The third-order valence-electron chi connectivity index (χ3n) is 80.5. The summed E-state index contributed by atoms with van der Waals surface area (Å²) in [6, 6.07) is 0. The van der Waals surface area contributed by atoms with Crippen LogP contribution in [-0.4, -0.2) is 0 Å². The van der Waals surface area contributed by atoms with Crippen molar-refractivity contribution in [2.24, 2.45) is 500 Å². The smallest absolute Gasteiger partial charge is 0.00502 e. The summed E-state index contributed by atoms with van der Waals surface area (Å²) >= 11 is 0. The Labute approximate surface area is 522 Å². The van der Waals surface area contributed by atoms with Gasteiger partial charge in [0.2, 0.25) is 0 Å². The van der Waals surface area contributed by atoms with E-state index in [1.165, 1.54) is 272 Å². The Morgan fingerprint density at radius 1 is 0.0870 bits per heavy atom. The van der Waals surface area contributed by atoms with Gasteiger partial charge in [-0.1, -0.05) is 0 Å². The molecule has 66 saturated carbocycles. The van der Waals surface area contributed by atoms with Gasteiger partial charge in [0.1, 0.15) is 0 Å². The molecule has 0 saturated heterocycles. The fourth-order valence-corrected chi connectivity index (χ4v) is 102. The summed E-state index contributed by atoms with van der Waals surface area (Å²) in [6.07, 6.45) is 7.36. The molecule has 0 heteroatoms. The second-order valence-corrected chi connectivity index (χ2v) is 60.0. The molecule has 42 spiro atoms. The molecule has 0 aromatic carbocycles. The van der Waals surface area contributed by atoms with Gasteiger partial charge >= 0.3 is 0 Å². The minimum absolute atomic E-state index is 1.10. The number of fused-ring (bicyclic) bond motifs is 42. The molecular formula is C92H54. The van der Waals surface area contributed by atoms with E-state index in [1.54, 1.807) is 0 Å². The molecule has 92 heavy (non-hydrogen) atoms. The monoisotopic (exact) mass is 1160 g/mol. The lowest BCUT2D eigenvalue weighted by atomic mass is 8.41. The zero-order chi connectivity index (χ0) is 50.4. The molecular weight excluding hydrogens is 1110 g/mol. The lowest BCUT2D eigenvalue weighted by molar-refractivity contribution is -1.17. The van der Waals surface area contributed by atoms with Crippen molar-refractivity contribution in [2.75, 3.05) is 0 Å². The molecule has 0 radical (unpaired) electrons. The summed E-state index contributed by atoms with van der Waals surface area (Å²) in [5.41, 5.74) is 47.1. The quantitative estimate of drug-likeness (QED) is 0.241. The number of hydrogen-bond acceptors (Lipinski definition) is 0. The van der Waals surface area contributed by atoms with Crippen molar-refractivity contribution in [3.05, 3.63) is 0 Å². The fourth-order valence-electron chi connectivity index (χ4n) is 102. The highest BCUT2D eigenvalue weighted by molar-refractivity contribution is 6.11. The van der Waals surface area contributed by atoms with Crippen molar-refractivity contribution in [3.63, 3.8) is 0 Å². The minimum Gasteiger partial charge on any atom is -0.0458 e. The van der Waals surface area contributed by atoms with Crippen molar-refractivity contribution < 1.29 is 0 Å². The summed E-state index contributed by atoms with van der Waals surface area (Å²) in [7, 11) is 0. The molecule has 0 N–H and O–H groups in total. The van der Waals surface area contributed by atoms with Crippen molar-refractivity contribution in [1.29, 1.82) is 0 Å². The Hall–Kier alpha value is 0. The van der Waals surface area contributed by atoms with Crippen molar-refractivity contribution >= 4 is 0 Å². The van der Waals surface area contributed by atoms with E-state index in [0.29, 0.717) is 0 Å². The van der Waals surface area contributed by atoms with Gasteiger partial charge in [-0.2, -0.15) is 0 Å². The van der Waals surface area contributed by atoms with Crippen LogP contribution in [-0.2, 0) is 0 Å². The molecule has 0 aromatic heterocycles. The molecule has 66 aliphatic carbocycles. The van der Waals surface area contributed by atoms with Gasteiger partial charge in [-0.3, -0.25) is 0 Å². The Bertz CT molecular complexity index is 6010. The molecule has 0 amide bonds. The molecule has 66 rings (SSSR count). The Morgan fingerprint density at radius 3 is 0.283 bits per heavy atom. The molecule has 66 fully saturated rings. The van der Waals surface area contributed by atoms with Gasteiger partial charge in [0.15, 0.2) is 0 Å². The van der Waals surface area contributed by atoms with Gasteiger partial charge in [-0.25, -0.2) is 0 Å². The largest absolute Gasteiger partial charge is 0.0458 e. The van der Waals surface area contributed by atoms with Crippen LogP contribution in [0.3, 0.4) is 0 Å². The van der Waals surface area contributed by atoms with E-state index in [-0.39, 0.29) is 0 Å². The standard InChI is InChI=1S/C92H54/c1-5-6-2-10-14-18-22-26-30-34-38-42-47-50-48-44-40-36-32-28-24-20-16-12-4-8-7-3-11-15-19-23-27-31-35-39-43-46-49-45-41-37-33-29-25-21-17-13-9(1)51(5)52(6,10)56(14)55(13,51)59(17)60(18,56)64(22)63(21,59)67(25)68(26,64)72(30)71(29,67)75(33)76(34,72)80(38)79(37,75)83(41)84(42,80)88(47)87(45,83)91(49)89(46)85(43)81(39)77(35)73(31)69(27)65(23)61(19)57(15)53(7,11)54(8,12)58(16,57)62(20,61)66(24,65)70(28,69)74(32,73)78(36,77)82(40,81)86(44,85)90(48,89)92(50,88)91/h5-50H,1-4H2. The van der Waals surface area contributed by atoms with Crippen LogP contribution in [0, 0.1) is 500 Å². The first-order chi connectivity index (χ1) is 45.8. The predicted molar refractivity (Wildman–Crippen MR) is 281 cm³/mol. The van der Waals surface area contributed by atoms with Gasteiger partial charge in [-0.05, 0) is 525 Å². The molecule has 0 heterocycles. The molecule has 0 aliphatic heterocycles. The maximum Gasteiger partial charge on any atom is -0.00502 e. The second kappa shape index (κ2) is 4.75. The van der Waals surface area contributed by atoms with Crippen LogP contribution in [0.15, 0.2) is 0 Å². The van der Waals surface area contributed by atoms with E-state index in [2.05, 4.69) is 0 Å². The maximum absolute atomic E-state index is 1.84. The Balaban J connectivity index is 0.471. The van der Waals surface area contributed by atoms with Crippen LogP contribution < -0.4 is 0 Å². The molecule has 84 unspecified atom stereocenters. The minimum atomic E-state index is 1.10. The molecule has 66 aliphatic rings. The van der Waals surface area contributed by atoms with Crippen molar-refractivity contribution in [2.45, 2.75) is 25.7 Å². The molecule has 422 valence electrons. The SMILES string of the molecule is C1C2C3CC4C5C6C7C8C9C%10C%11C%12C%13C%14C%15C%16C%17C%18C%19C%20C%21C%22C%23C%24CC%25C%26CC%27C%28C%29C%30C%31C%32C%33C%34C%35C%36C%37C%38C%39C%40C%41C%42C%43C%44C%45C%46C1C21C34C52C%461C%451C62C72C%441C%431C82C92C%421C%411C%102C%112C%401C%391C%122C%132C%381C%371C%363C%354C%345C%336C%327C%318C%309C%29%10C%28%11C%26%27C%25%24C%23%11C%22%10C%219C%208C%197C%186C%175C%164C%153C%1421. The Kier molecular flexibility index (Phi) is 1.60. The van der Waals surface area contributed by atoms with Crippen molar-refractivity contribution in [3.8, 4) is 0 Å². The van der Waals surface area contributed by atoms with E-state index in [1.807, 2.05) is 25.7 Å². The number of hydrogen-bond donors (Lipinski definition) is 0. The lowest BCUT2D eigenvalue weighted by Crippen LogP contribution is -3.60. The van der Waals surface area contributed by atoms with Crippen molar-refractivity contribution in [1.82, 2.24) is 0 Å². The third kappa shape index (κ3) is 0.700. The van der Waals surface area contributed by atoms with Crippen LogP contribution in [0.4, 0.5) is 0 Å². The maximum atomic E-state index is 1.84. The molecule has 84 atom stereocenters. The van der Waals surface area contributed by atoms with Gasteiger partial charge in [0.25, 0.3) is 0 Å². The van der Waals surface area contributed by atoms with E-state index < -0.39 is 0 Å². The van der Waals surface area contributed by atoms with Gasteiger partial charge in [0, 0.05) is 0 Å². The van der Waals surface area contributed by atoms with Crippen LogP contribution in [0.5, 0.6) is 0 Å². The molecule has 0 bridgehead atoms. The van der Waals surface area contributed by atoms with E-state index in [0.717, 1.165) is 227 Å². The highest BCUT2D eigenvalue weighted by Crippen LogP contribution is 3.67. The highest BCUT2D eigenvalue weighted by atomic mass is 15.7. The van der Waals surface area contributed by atoms with Gasteiger partial charge < -0.3 is 0 Å². The van der Waals surface area contributed by atoms with Crippen LogP contribution >= 0.6 is 0 Å². The average molecular weight is 1160 g/mol. The molecule has 0 aromatic rings. The fraction of sp³-hybridized carbons (Fsp3) is 1.00. The first-order valence-corrected chi connectivity index (χ1v) is 45.8. The van der Waals surface area contributed by atoms with Crippen LogP contribution in [0.25, 0.3) is 0 Å². The zero-order valence-electron chi connectivity index (χ0n) is 50.4. The summed E-state index contributed by atoms with van der Waals surface area (Å²) in [5, 5.41) is 0. The van der Waals surface area contributed by atoms with E-state index in [9.17, 15) is 0 Å². The highest BCUT2D eigenvalue weighted by Gasteiger charge is 3.66. The van der Waals surface area contributed by atoms with Crippen LogP contribution in [0.2, 0.25) is 0 Å². The second-order valence-electron chi connectivity index (χ2n) is 60.0.